The molecule has 0 aromatic rings. The summed E-state index contributed by atoms with van der Waals surface area (Å²) in [6, 6.07) is 0. The van der Waals surface area contributed by atoms with E-state index in [2.05, 4.69) is 79.9 Å². The van der Waals surface area contributed by atoms with Gasteiger partial charge in [0.25, 0.3) is 0 Å². The lowest BCUT2D eigenvalue weighted by Gasteiger charge is -2.64. The molecule has 2 aliphatic heterocycles. The first-order valence-corrected chi connectivity index (χ1v) is 13.6. The van der Waals surface area contributed by atoms with Crippen molar-refractivity contribution in [2.45, 2.75) is 137 Å². The molecule has 0 unspecified atom stereocenters. The van der Waals surface area contributed by atoms with Crippen molar-refractivity contribution in [3.63, 3.8) is 0 Å². The summed E-state index contributed by atoms with van der Waals surface area (Å²) < 4.78 is 0. The Kier molecular flexibility index (Phi) is 8.00. The Bertz CT molecular complexity index is 725. The largest absolute Gasteiger partial charge is 0.480 e. The molecule has 204 valence electrons. The van der Waals surface area contributed by atoms with E-state index in [1.165, 1.54) is 0 Å². The minimum Gasteiger partial charge on any atom is -0.480 e. The fraction of sp³-hybridized carbons (Fsp3) is 0.931. The molecule has 35 heavy (non-hydrogen) atoms. The second-order valence-corrected chi connectivity index (χ2v) is 15.2. The fourth-order valence-electron chi connectivity index (χ4n) is 9.21. The van der Waals surface area contributed by atoms with Crippen molar-refractivity contribution in [3.05, 3.63) is 0 Å². The van der Waals surface area contributed by atoms with Crippen LogP contribution < -0.4 is 10.6 Å². The van der Waals surface area contributed by atoms with Crippen molar-refractivity contribution in [1.29, 1.82) is 0 Å². The Morgan fingerprint density at radius 3 is 1.20 bits per heavy atom. The van der Waals surface area contributed by atoms with Gasteiger partial charge >= 0.3 is 11.9 Å². The molecule has 0 atom stereocenters. The molecule has 4 N–H and O–H groups in total. The van der Waals surface area contributed by atoms with E-state index in [4.69, 9.17) is 0 Å². The van der Waals surface area contributed by atoms with Crippen LogP contribution >= 0.6 is 0 Å². The first-order chi connectivity index (χ1) is 15.5. The SMILES string of the molecule is CC(C)CC(C(=O)O)(C(=O)O)C(C(C)C)(C1CC(C)(C)NC(C)(C)C1)C1CC(C)(C)NC(C)(C)C1. The molecule has 0 radical (unpaired) electrons. The van der Waals surface area contributed by atoms with Gasteiger partial charge in [-0.3, -0.25) is 9.59 Å². The minimum absolute atomic E-state index is 0.0607. The minimum atomic E-state index is -1.88. The van der Waals surface area contributed by atoms with Crippen LogP contribution in [0.15, 0.2) is 0 Å². The molecule has 0 aromatic heterocycles. The molecule has 2 aliphatic rings. The first kappa shape index (κ1) is 30.1. The fourth-order valence-corrected chi connectivity index (χ4v) is 9.21. The third-order valence-electron chi connectivity index (χ3n) is 8.87. The highest BCUT2D eigenvalue weighted by Gasteiger charge is 2.71. The predicted molar refractivity (Wildman–Crippen MR) is 142 cm³/mol. The molecular formula is C29H54N2O4. The molecule has 0 spiro atoms. The van der Waals surface area contributed by atoms with Crippen LogP contribution in [0.25, 0.3) is 0 Å². The normalized spacial score (nSPS) is 25.1. The number of hydrogen-bond acceptors (Lipinski definition) is 4. The van der Waals surface area contributed by atoms with Gasteiger partial charge < -0.3 is 20.8 Å². The van der Waals surface area contributed by atoms with E-state index in [0.29, 0.717) is 0 Å². The van der Waals surface area contributed by atoms with Gasteiger partial charge in [0.05, 0.1) is 0 Å². The van der Waals surface area contributed by atoms with Crippen LogP contribution in [0.4, 0.5) is 0 Å². The summed E-state index contributed by atoms with van der Waals surface area (Å²) >= 11 is 0. The second kappa shape index (κ2) is 9.31. The highest BCUT2D eigenvalue weighted by molar-refractivity contribution is 5.99. The van der Waals surface area contributed by atoms with E-state index >= 15 is 0 Å². The zero-order chi connectivity index (χ0) is 27.4. The van der Waals surface area contributed by atoms with E-state index in [-0.39, 0.29) is 52.2 Å². The lowest BCUT2D eigenvalue weighted by atomic mass is 9.40. The lowest BCUT2D eigenvalue weighted by Crippen LogP contribution is -2.71. The molecule has 6 nitrogen and oxygen atoms in total. The number of rotatable bonds is 8. The van der Waals surface area contributed by atoms with Crippen LogP contribution in [0.3, 0.4) is 0 Å². The van der Waals surface area contributed by atoms with Crippen LogP contribution in [-0.4, -0.2) is 44.3 Å². The Hall–Kier alpha value is -1.14. The molecule has 2 saturated heterocycles. The van der Waals surface area contributed by atoms with Crippen LogP contribution in [0.2, 0.25) is 0 Å². The van der Waals surface area contributed by atoms with Crippen molar-refractivity contribution in [3.8, 4) is 0 Å². The number of carboxylic acid groups (broad SMARTS) is 2. The molecule has 0 aromatic carbocycles. The number of piperidine rings is 2. The van der Waals surface area contributed by atoms with Crippen molar-refractivity contribution < 1.29 is 19.8 Å². The van der Waals surface area contributed by atoms with Crippen LogP contribution in [-0.2, 0) is 9.59 Å². The lowest BCUT2D eigenvalue weighted by molar-refractivity contribution is -0.209. The molecule has 2 heterocycles. The summed E-state index contributed by atoms with van der Waals surface area (Å²) in [5.74, 6) is -2.65. The number of carbonyl (C=O) groups is 2. The summed E-state index contributed by atoms with van der Waals surface area (Å²) in [6.45, 7) is 25.5. The summed E-state index contributed by atoms with van der Waals surface area (Å²) in [4.78, 5) is 26.9. The van der Waals surface area contributed by atoms with Crippen LogP contribution in [0.5, 0.6) is 0 Å². The zero-order valence-electron chi connectivity index (χ0n) is 24.6. The molecule has 0 bridgehead atoms. The highest BCUT2D eigenvalue weighted by Crippen LogP contribution is 2.65. The Morgan fingerprint density at radius 1 is 0.714 bits per heavy atom. The Balaban J connectivity index is 3.02. The molecule has 2 rings (SSSR count). The molecular weight excluding hydrogens is 440 g/mol. The van der Waals surface area contributed by atoms with Gasteiger partial charge in [-0.25, -0.2) is 0 Å². The number of nitrogens with one attached hydrogen (secondary N) is 2. The third kappa shape index (κ3) is 5.58. The maximum absolute atomic E-state index is 13.5. The summed E-state index contributed by atoms with van der Waals surface area (Å²) in [6.07, 6.45) is 3.13. The monoisotopic (exact) mass is 494 g/mol. The second-order valence-electron chi connectivity index (χ2n) is 15.2. The van der Waals surface area contributed by atoms with E-state index in [0.717, 1.165) is 25.7 Å². The van der Waals surface area contributed by atoms with E-state index in [9.17, 15) is 19.8 Å². The Morgan fingerprint density at radius 2 is 1.00 bits per heavy atom. The van der Waals surface area contributed by atoms with E-state index in [1.807, 2.05) is 13.8 Å². The van der Waals surface area contributed by atoms with Crippen LogP contribution in [0, 0.1) is 34.5 Å². The number of carboxylic acids is 2. The average molecular weight is 495 g/mol. The number of hydrogen-bond donors (Lipinski definition) is 4. The van der Waals surface area contributed by atoms with E-state index in [1.54, 1.807) is 0 Å². The molecule has 0 saturated carbocycles. The number of aliphatic carboxylic acids is 2. The highest BCUT2D eigenvalue weighted by atomic mass is 16.4. The maximum Gasteiger partial charge on any atom is 0.321 e. The first-order valence-electron chi connectivity index (χ1n) is 13.6. The quantitative estimate of drug-likeness (QED) is 0.312. The Labute approximate surface area is 214 Å². The molecule has 0 aliphatic carbocycles. The molecule has 0 amide bonds. The van der Waals surface area contributed by atoms with Gasteiger partial charge in [0.2, 0.25) is 0 Å². The smallest absolute Gasteiger partial charge is 0.321 e. The van der Waals surface area contributed by atoms with Gasteiger partial charge in [0.1, 0.15) is 0 Å². The maximum atomic E-state index is 13.5. The standard InChI is InChI=1S/C29H54N2O4/c1-18(2)13-28(22(32)33,23(34)35)29(19(3)4,20-14-24(5,6)30-25(7,8)15-20)21-16-26(9,10)31-27(11,12)17-21/h18-21,30-31H,13-17H2,1-12H3,(H,32,33)(H,34,35). The summed E-state index contributed by atoms with van der Waals surface area (Å²) in [5, 5.41) is 29.5. The summed E-state index contributed by atoms with van der Waals surface area (Å²) in [5.41, 5.74) is -3.73. The van der Waals surface area contributed by atoms with Crippen molar-refractivity contribution >= 4 is 11.9 Å². The van der Waals surface area contributed by atoms with Gasteiger partial charge in [-0.15, -0.1) is 0 Å². The van der Waals surface area contributed by atoms with Gasteiger partial charge in [-0.1, -0.05) is 27.7 Å². The van der Waals surface area contributed by atoms with Gasteiger partial charge in [-0.05, 0) is 111 Å². The molecule has 2 fully saturated rings. The molecule has 6 heteroatoms. The van der Waals surface area contributed by atoms with Crippen LogP contribution in [0.1, 0.15) is 115 Å². The third-order valence-corrected chi connectivity index (χ3v) is 8.87. The van der Waals surface area contributed by atoms with Crippen molar-refractivity contribution in [2.24, 2.45) is 34.5 Å². The summed E-state index contributed by atoms with van der Waals surface area (Å²) in [7, 11) is 0. The average Bonchev–Trinajstić information content (AvgIpc) is 2.54. The topological polar surface area (TPSA) is 98.7 Å². The van der Waals surface area contributed by atoms with Gasteiger partial charge in [0, 0.05) is 27.6 Å². The van der Waals surface area contributed by atoms with Crippen molar-refractivity contribution in [1.82, 2.24) is 10.6 Å². The van der Waals surface area contributed by atoms with Gasteiger partial charge in [-0.2, -0.15) is 0 Å². The van der Waals surface area contributed by atoms with Gasteiger partial charge in [0.15, 0.2) is 5.41 Å². The predicted octanol–water partition coefficient (Wildman–Crippen LogP) is 5.94. The van der Waals surface area contributed by atoms with Crippen molar-refractivity contribution in [2.75, 3.05) is 0 Å². The zero-order valence-corrected chi connectivity index (χ0v) is 24.6. The van der Waals surface area contributed by atoms with E-state index < -0.39 is 22.8 Å².